The Hall–Kier alpha value is -1.49. The highest BCUT2D eigenvalue weighted by atomic mass is 32.2. The maximum absolute atomic E-state index is 11.8. The lowest BCUT2D eigenvalue weighted by Crippen LogP contribution is -2.22. The van der Waals surface area contributed by atoms with Crippen molar-refractivity contribution < 1.29 is 14.3 Å². The van der Waals surface area contributed by atoms with Gasteiger partial charge in [0.2, 0.25) is 5.91 Å². The fourth-order valence-corrected chi connectivity index (χ4v) is 2.23. The number of nitrogens with one attached hydrogen (secondary N) is 1. The van der Waals surface area contributed by atoms with Gasteiger partial charge >= 0.3 is 5.97 Å². The molecule has 4 nitrogen and oxygen atoms in total. The third kappa shape index (κ3) is 7.18. The summed E-state index contributed by atoms with van der Waals surface area (Å²) in [5.41, 5.74) is 1.86. The van der Waals surface area contributed by atoms with Crippen molar-refractivity contribution >= 4 is 29.3 Å². The quantitative estimate of drug-likeness (QED) is 0.786. The van der Waals surface area contributed by atoms with Crippen molar-refractivity contribution in [1.82, 2.24) is 0 Å². The van der Waals surface area contributed by atoms with Crippen LogP contribution in [0.15, 0.2) is 24.3 Å². The number of amides is 1. The fourth-order valence-electron chi connectivity index (χ4n) is 1.55. The van der Waals surface area contributed by atoms with E-state index in [2.05, 4.69) is 5.32 Å². The van der Waals surface area contributed by atoms with Gasteiger partial charge in [0.05, 0.1) is 12.4 Å². The van der Waals surface area contributed by atoms with Crippen LogP contribution in [0.5, 0.6) is 0 Å². The van der Waals surface area contributed by atoms with Crippen LogP contribution in [-0.2, 0) is 14.3 Å². The second kappa shape index (κ2) is 8.72. The minimum Gasteiger partial charge on any atom is -0.465 e. The Morgan fingerprint density at radius 1 is 1.29 bits per heavy atom. The van der Waals surface area contributed by atoms with Crippen molar-refractivity contribution in [3.05, 3.63) is 29.8 Å². The summed E-state index contributed by atoms with van der Waals surface area (Å²) in [5, 5.41) is 2.47. The maximum atomic E-state index is 11.8. The lowest BCUT2D eigenvalue weighted by Gasteiger charge is -2.12. The van der Waals surface area contributed by atoms with Crippen LogP contribution in [-0.4, -0.2) is 29.5 Å². The third-order valence-corrected chi connectivity index (χ3v) is 3.78. The molecule has 0 aliphatic carbocycles. The summed E-state index contributed by atoms with van der Waals surface area (Å²) in [4.78, 5) is 23.5. The first-order valence-electron chi connectivity index (χ1n) is 7.03. The molecule has 116 valence electrons. The number of carbonyl (C=O) groups excluding carboxylic acids is 2. The summed E-state index contributed by atoms with van der Waals surface area (Å²) in [7, 11) is 0. The predicted octanol–water partition coefficient (Wildman–Crippen LogP) is 3.25. The molecule has 21 heavy (non-hydrogen) atoms. The van der Waals surface area contributed by atoms with Gasteiger partial charge in [0.1, 0.15) is 5.25 Å². The summed E-state index contributed by atoms with van der Waals surface area (Å²) < 4.78 is 5.14. The van der Waals surface area contributed by atoms with Crippen LogP contribution in [0.2, 0.25) is 0 Å². The zero-order valence-corrected chi connectivity index (χ0v) is 13.8. The van der Waals surface area contributed by atoms with Crippen LogP contribution in [0, 0.1) is 12.8 Å². The van der Waals surface area contributed by atoms with Crippen molar-refractivity contribution in [3.63, 3.8) is 0 Å². The molecule has 0 saturated heterocycles. The molecule has 0 aliphatic heterocycles. The molecule has 1 N–H and O–H groups in total. The third-order valence-electron chi connectivity index (χ3n) is 2.66. The van der Waals surface area contributed by atoms with E-state index in [0.717, 1.165) is 11.3 Å². The molecule has 1 atom stereocenters. The zero-order chi connectivity index (χ0) is 15.8. The fraction of sp³-hybridized carbons (Fsp3) is 0.500. The number of esters is 1. The number of hydrogen-bond donors (Lipinski definition) is 1. The Balaban J connectivity index is 2.33. The molecule has 0 heterocycles. The Kier molecular flexibility index (Phi) is 7.29. The van der Waals surface area contributed by atoms with Crippen molar-refractivity contribution in [2.45, 2.75) is 32.9 Å². The van der Waals surface area contributed by atoms with Gasteiger partial charge in [-0.25, -0.2) is 0 Å². The number of rotatable bonds is 7. The van der Waals surface area contributed by atoms with E-state index in [1.165, 1.54) is 11.8 Å². The van der Waals surface area contributed by atoms with E-state index in [1.807, 2.05) is 45.0 Å². The SMILES string of the molecule is Cc1cccc(NC(=O)CSC(C)C(=O)OCC(C)C)c1. The molecular weight excluding hydrogens is 286 g/mol. The van der Waals surface area contributed by atoms with Gasteiger partial charge in [0, 0.05) is 5.69 Å². The van der Waals surface area contributed by atoms with Crippen LogP contribution in [0.1, 0.15) is 26.3 Å². The van der Waals surface area contributed by atoms with E-state index >= 15 is 0 Å². The van der Waals surface area contributed by atoms with Gasteiger partial charge in [-0.05, 0) is 37.5 Å². The molecule has 5 heteroatoms. The highest BCUT2D eigenvalue weighted by Gasteiger charge is 2.17. The molecule has 0 fully saturated rings. The highest BCUT2D eigenvalue weighted by molar-refractivity contribution is 8.01. The van der Waals surface area contributed by atoms with Crippen LogP contribution in [0.25, 0.3) is 0 Å². The maximum Gasteiger partial charge on any atom is 0.318 e. The number of benzene rings is 1. The molecule has 1 unspecified atom stereocenters. The van der Waals surface area contributed by atoms with Gasteiger partial charge in [0.15, 0.2) is 0 Å². The molecule has 1 aromatic rings. The minimum atomic E-state index is -0.341. The van der Waals surface area contributed by atoms with Gasteiger partial charge in [-0.2, -0.15) is 0 Å². The van der Waals surface area contributed by atoms with E-state index in [9.17, 15) is 9.59 Å². The molecule has 0 aromatic heterocycles. The molecule has 1 rings (SSSR count). The number of ether oxygens (including phenoxy) is 1. The Labute approximate surface area is 130 Å². The smallest absolute Gasteiger partial charge is 0.318 e. The largest absolute Gasteiger partial charge is 0.465 e. The first-order valence-corrected chi connectivity index (χ1v) is 8.08. The predicted molar refractivity (Wildman–Crippen MR) is 87.5 cm³/mol. The molecule has 1 amide bonds. The average Bonchev–Trinajstić information content (AvgIpc) is 2.42. The molecular formula is C16H23NO3S. The number of aryl methyl sites for hydroxylation is 1. The molecule has 0 aliphatic rings. The van der Waals surface area contributed by atoms with E-state index in [-0.39, 0.29) is 22.9 Å². The van der Waals surface area contributed by atoms with Crippen molar-refractivity contribution in [2.75, 3.05) is 17.7 Å². The summed E-state index contributed by atoms with van der Waals surface area (Å²) in [6, 6.07) is 7.61. The second-order valence-corrected chi connectivity index (χ2v) is 6.72. The Morgan fingerprint density at radius 2 is 2.00 bits per heavy atom. The summed E-state index contributed by atoms with van der Waals surface area (Å²) in [6.45, 7) is 8.12. The topological polar surface area (TPSA) is 55.4 Å². The number of hydrogen-bond acceptors (Lipinski definition) is 4. The number of anilines is 1. The normalized spacial score (nSPS) is 12.0. The number of thioether (sulfide) groups is 1. The van der Waals surface area contributed by atoms with Gasteiger partial charge in [-0.3, -0.25) is 9.59 Å². The minimum absolute atomic E-state index is 0.117. The molecule has 0 radical (unpaired) electrons. The number of carbonyl (C=O) groups is 2. The van der Waals surface area contributed by atoms with E-state index in [0.29, 0.717) is 12.5 Å². The van der Waals surface area contributed by atoms with Gasteiger partial charge in [-0.1, -0.05) is 26.0 Å². The summed E-state index contributed by atoms with van der Waals surface area (Å²) in [6.07, 6.45) is 0. The first-order chi connectivity index (χ1) is 9.88. The molecule has 0 saturated carbocycles. The van der Waals surface area contributed by atoms with Crippen LogP contribution in [0.3, 0.4) is 0 Å². The van der Waals surface area contributed by atoms with Crippen molar-refractivity contribution in [3.8, 4) is 0 Å². The van der Waals surface area contributed by atoms with Gasteiger partial charge < -0.3 is 10.1 Å². The zero-order valence-electron chi connectivity index (χ0n) is 13.0. The van der Waals surface area contributed by atoms with Gasteiger partial charge in [-0.15, -0.1) is 11.8 Å². The van der Waals surface area contributed by atoms with Gasteiger partial charge in [0.25, 0.3) is 0 Å². The first kappa shape index (κ1) is 17.6. The monoisotopic (exact) mass is 309 g/mol. The van der Waals surface area contributed by atoms with Crippen molar-refractivity contribution in [2.24, 2.45) is 5.92 Å². The summed E-state index contributed by atoms with van der Waals surface area (Å²) in [5.74, 6) is 0.160. The average molecular weight is 309 g/mol. The van der Waals surface area contributed by atoms with Crippen LogP contribution in [0.4, 0.5) is 5.69 Å². The molecule has 1 aromatic carbocycles. The molecule has 0 spiro atoms. The van der Waals surface area contributed by atoms with Crippen LogP contribution >= 0.6 is 11.8 Å². The Morgan fingerprint density at radius 3 is 2.62 bits per heavy atom. The highest BCUT2D eigenvalue weighted by Crippen LogP contribution is 2.14. The van der Waals surface area contributed by atoms with Crippen LogP contribution < -0.4 is 5.32 Å². The summed E-state index contributed by atoms with van der Waals surface area (Å²) >= 11 is 1.28. The lowest BCUT2D eigenvalue weighted by molar-refractivity contribution is -0.143. The van der Waals surface area contributed by atoms with E-state index in [1.54, 1.807) is 6.92 Å². The lowest BCUT2D eigenvalue weighted by atomic mass is 10.2. The standard InChI is InChI=1S/C16H23NO3S/c1-11(2)9-20-16(19)13(4)21-10-15(18)17-14-7-5-6-12(3)8-14/h5-8,11,13H,9-10H2,1-4H3,(H,17,18). The Bertz CT molecular complexity index is 488. The molecule has 0 bridgehead atoms. The second-order valence-electron chi connectivity index (χ2n) is 5.39. The van der Waals surface area contributed by atoms with E-state index < -0.39 is 0 Å². The van der Waals surface area contributed by atoms with Crippen molar-refractivity contribution in [1.29, 1.82) is 0 Å². The van der Waals surface area contributed by atoms with E-state index in [4.69, 9.17) is 4.74 Å².